The van der Waals surface area contributed by atoms with E-state index in [0.29, 0.717) is 6.54 Å². The summed E-state index contributed by atoms with van der Waals surface area (Å²) < 4.78 is 28.5. The Labute approximate surface area is 107 Å². The van der Waals surface area contributed by atoms with E-state index in [1.54, 1.807) is 4.31 Å². The lowest BCUT2D eigenvalue weighted by Gasteiger charge is -2.33. The molecule has 1 aliphatic rings. The van der Waals surface area contributed by atoms with E-state index in [-0.39, 0.29) is 12.1 Å². The van der Waals surface area contributed by atoms with Crippen LogP contribution in [0.2, 0.25) is 0 Å². The molecule has 4 nitrogen and oxygen atoms in total. The minimum absolute atomic E-state index is 0.0153. The van der Waals surface area contributed by atoms with Crippen LogP contribution in [-0.2, 0) is 10.2 Å². The summed E-state index contributed by atoms with van der Waals surface area (Å²) in [5.41, 5.74) is 0. The quantitative estimate of drug-likeness (QED) is 0.788. The highest BCUT2D eigenvalue weighted by Gasteiger charge is 2.30. The van der Waals surface area contributed by atoms with Gasteiger partial charge < -0.3 is 0 Å². The number of piperidine rings is 1. The first kappa shape index (κ1) is 14.4. The summed E-state index contributed by atoms with van der Waals surface area (Å²) in [5, 5.41) is 0.812. The summed E-state index contributed by atoms with van der Waals surface area (Å²) in [4.78, 5) is 0. The van der Waals surface area contributed by atoms with Crippen molar-refractivity contribution in [3.05, 3.63) is 0 Å². The molecule has 0 aromatic carbocycles. The van der Waals surface area contributed by atoms with Crippen molar-refractivity contribution in [3.63, 3.8) is 0 Å². The van der Waals surface area contributed by atoms with Crippen LogP contribution >= 0.6 is 15.9 Å². The second-order valence-electron chi connectivity index (χ2n) is 4.46. The molecule has 0 radical (unpaired) electrons. The van der Waals surface area contributed by atoms with Crippen molar-refractivity contribution in [2.75, 3.05) is 11.9 Å². The van der Waals surface area contributed by atoms with Crippen molar-refractivity contribution in [2.24, 2.45) is 0 Å². The van der Waals surface area contributed by atoms with Gasteiger partial charge >= 0.3 is 0 Å². The molecule has 0 aromatic heterocycles. The van der Waals surface area contributed by atoms with Crippen molar-refractivity contribution < 1.29 is 8.42 Å². The summed E-state index contributed by atoms with van der Waals surface area (Å²) in [6.07, 6.45) is 3.87. The monoisotopic (exact) mass is 312 g/mol. The van der Waals surface area contributed by atoms with E-state index in [1.165, 1.54) is 0 Å². The van der Waals surface area contributed by atoms with E-state index in [9.17, 15) is 8.42 Å². The van der Waals surface area contributed by atoms with E-state index < -0.39 is 10.2 Å². The molecule has 1 saturated heterocycles. The first-order valence-corrected chi connectivity index (χ1v) is 8.38. The van der Waals surface area contributed by atoms with Crippen LogP contribution in [0.1, 0.15) is 39.5 Å². The Morgan fingerprint density at radius 2 is 2.19 bits per heavy atom. The second-order valence-corrected chi connectivity index (χ2v) is 6.90. The van der Waals surface area contributed by atoms with Crippen LogP contribution in [0, 0.1) is 0 Å². The van der Waals surface area contributed by atoms with Crippen LogP contribution in [0.5, 0.6) is 0 Å². The molecule has 1 rings (SSSR count). The van der Waals surface area contributed by atoms with Gasteiger partial charge in [-0.05, 0) is 33.1 Å². The minimum Gasteiger partial charge on any atom is -0.199 e. The van der Waals surface area contributed by atoms with Crippen LogP contribution in [-0.4, -0.2) is 36.7 Å². The molecule has 16 heavy (non-hydrogen) atoms. The zero-order valence-corrected chi connectivity index (χ0v) is 12.3. The molecular weight excluding hydrogens is 292 g/mol. The zero-order chi connectivity index (χ0) is 12.2. The molecule has 96 valence electrons. The average molecular weight is 313 g/mol. The van der Waals surface area contributed by atoms with Crippen molar-refractivity contribution in [1.29, 1.82) is 0 Å². The number of hydrogen-bond acceptors (Lipinski definition) is 2. The fraction of sp³-hybridized carbons (Fsp3) is 1.00. The summed E-state index contributed by atoms with van der Waals surface area (Å²) in [5.74, 6) is 0. The molecule has 1 heterocycles. The lowest BCUT2D eigenvalue weighted by molar-refractivity contribution is 0.264. The highest BCUT2D eigenvalue weighted by molar-refractivity contribution is 9.09. The molecule has 0 bridgehead atoms. The third-order valence-electron chi connectivity index (χ3n) is 2.94. The standard InChI is InChI=1S/C10H21BrN2O2S/c1-9(6-7-11)12-16(14,15)13-8-4-3-5-10(13)2/h9-10,12H,3-8H2,1-2H3. The molecule has 0 saturated carbocycles. The van der Waals surface area contributed by atoms with Crippen molar-refractivity contribution in [2.45, 2.75) is 51.6 Å². The molecular formula is C10H21BrN2O2S. The molecule has 0 aromatic rings. The van der Waals surface area contributed by atoms with Crippen molar-refractivity contribution in [1.82, 2.24) is 9.03 Å². The minimum atomic E-state index is -3.29. The van der Waals surface area contributed by atoms with Crippen LogP contribution < -0.4 is 4.72 Å². The van der Waals surface area contributed by atoms with Gasteiger partial charge in [0.05, 0.1) is 0 Å². The van der Waals surface area contributed by atoms with E-state index in [1.807, 2.05) is 13.8 Å². The van der Waals surface area contributed by atoms with Gasteiger partial charge in [-0.1, -0.05) is 22.4 Å². The van der Waals surface area contributed by atoms with Gasteiger partial charge in [0.1, 0.15) is 0 Å². The molecule has 1 fully saturated rings. The van der Waals surface area contributed by atoms with Gasteiger partial charge in [-0.25, -0.2) is 0 Å². The fourth-order valence-corrected chi connectivity index (χ4v) is 4.37. The Morgan fingerprint density at radius 1 is 1.50 bits per heavy atom. The number of nitrogens with zero attached hydrogens (tertiary/aromatic N) is 1. The van der Waals surface area contributed by atoms with Gasteiger partial charge in [-0.2, -0.15) is 17.4 Å². The molecule has 1 aliphatic heterocycles. The highest BCUT2D eigenvalue weighted by Crippen LogP contribution is 2.19. The first-order valence-electron chi connectivity index (χ1n) is 5.82. The van der Waals surface area contributed by atoms with Gasteiger partial charge in [-0.15, -0.1) is 0 Å². The number of rotatable bonds is 5. The molecule has 2 atom stereocenters. The third-order valence-corrected chi connectivity index (χ3v) is 5.26. The number of hydrogen-bond donors (Lipinski definition) is 1. The SMILES string of the molecule is CC(CCBr)NS(=O)(=O)N1CCCCC1C. The van der Waals surface area contributed by atoms with Crippen LogP contribution in [0.15, 0.2) is 0 Å². The van der Waals surface area contributed by atoms with E-state index >= 15 is 0 Å². The maximum atomic E-state index is 12.1. The zero-order valence-electron chi connectivity index (χ0n) is 9.95. The lowest BCUT2D eigenvalue weighted by Crippen LogP contribution is -2.50. The number of halogens is 1. The predicted octanol–water partition coefficient (Wildman–Crippen LogP) is 1.87. The Balaban J connectivity index is 2.61. The van der Waals surface area contributed by atoms with Gasteiger partial charge in [-0.3, -0.25) is 0 Å². The Bertz CT molecular complexity index is 308. The largest absolute Gasteiger partial charge is 0.279 e. The van der Waals surface area contributed by atoms with E-state index in [0.717, 1.165) is 31.0 Å². The molecule has 1 N–H and O–H groups in total. The molecule has 0 amide bonds. The second kappa shape index (κ2) is 6.33. The Kier molecular flexibility index (Phi) is 5.70. The normalized spacial score (nSPS) is 25.6. The summed E-state index contributed by atoms with van der Waals surface area (Å²) in [6.45, 7) is 4.53. The predicted molar refractivity (Wildman–Crippen MR) is 69.9 cm³/mol. The van der Waals surface area contributed by atoms with Gasteiger partial charge in [0.2, 0.25) is 0 Å². The maximum absolute atomic E-state index is 12.1. The van der Waals surface area contributed by atoms with E-state index in [4.69, 9.17) is 0 Å². The van der Waals surface area contributed by atoms with Gasteiger partial charge in [0.15, 0.2) is 0 Å². The summed E-state index contributed by atoms with van der Waals surface area (Å²) >= 11 is 3.32. The molecule has 0 aliphatic carbocycles. The molecule has 0 spiro atoms. The first-order chi connectivity index (χ1) is 7.47. The highest BCUT2D eigenvalue weighted by atomic mass is 79.9. The van der Waals surface area contributed by atoms with Gasteiger partial charge in [0, 0.05) is 24.0 Å². The lowest BCUT2D eigenvalue weighted by atomic mass is 10.1. The van der Waals surface area contributed by atoms with Crippen LogP contribution in [0.25, 0.3) is 0 Å². The van der Waals surface area contributed by atoms with Crippen LogP contribution in [0.4, 0.5) is 0 Å². The summed E-state index contributed by atoms with van der Waals surface area (Å²) in [6, 6.07) is 0.112. The number of alkyl halides is 1. The van der Waals surface area contributed by atoms with Crippen molar-refractivity contribution in [3.8, 4) is 0 Å². The molecule has 6 heteroatoms. The van der Waals surface area contributed by atoms with E-state index in [2.05, 4.69) is 20.7 Å². The average Bonchev–Trinajstić information content (AvgIpc) is 2.17. The summed E-state index contributed by atoms with van der Waals surface area (Å²) in [7, 11) is -3.29. The Hall–Kier alpha value is 0.350. The maximum Gasteiger partial charge on any atom is 0.279 e. The smallest absolute Gasteiger partial charge is 0.199 e. The molecule has 2 unspecified atom stereocenters. The van der Waals surface area contributed by atoms with Crippen molar-refractivity contribution >= 4 is 26.1 Å². The fourth-order valence-electron chi connectivity index (χ4n) is 1.97. The topological polar surface area (TPSA) is 49.4 Å². The Morgan fingerprint density at radius 3 is 2.75 bits per heavy atom. The van der Waals surface area contributed by atoms with Crippen LogP contribution in [0.3, 0.4) is 0 Å². The number of nitrogens with one attached hydrogen (secondary N) is 1. The third kappa shape index (κ3) is 3.98. The van der Waals surface area contributed by atoms with Gasteiger partial charge in [0.25, 0.3) is 10.2 Å².